The van der Waals surface area contributed by atoms with Gasteiger partial charge in [0.25, 0.3) is 5.91 Å². The number of amides is 1. The molecule has 0 saturated heterocycles. The molecule has 1 aromatic heterocycles. The summed E-state index contributed by atoms with van der Waals surface area (Å²) in [5.74, 6) is -0.213. The van der Waals surface area contributed by atoms with Crippen molar-refractivity contribution in [2.45, 2.75) is 0 Å². The molecule has 6 heteroatoms. The van der Waals surface area contributed by atoms with Crippen LogP contribution in [-0.4, -0.2) is 37.8 Å². The van der Waals surface area contributed by atoms with Gasteiger partial charge >= 0.3 is 0 Å². The van der Waals surface area contributed by atoms with E-state index in [1.54, 1.807) is 7.11 Å². The predicted octanol–water partition coefficient (Wildman–Crippen LogP) is 2.41. The van der Waals surface area contributed by atoms with Crippen molar-refractivity contribution in [3.05, 3.63) is 35.7 Å². The van der Waals surface area contributed by atoms with Crippen LogP contribution in [0.5, 0.6) is 0 Å². The Kier molecular flexibility index (Phi) is 5.67. The Morgan fingerprint density at radius 3 is 2.85 bits per heavy atom. The van der Waals surface area contributed by atoms with Gasteiger partial charge in [0.2, 0.25) is 0 Å². The summed E-state index contributed by atoms with van der Waals surface area (Å²) in [5.41, 5.74) is 1.88. The first-order chi connectivity index (χ1) is 9.79. The number of thiazole rings is 1. The van der Waals surface area contributed by atoms with Gasteiger partial charge in [0.1, 0.15) is 6.61 Å². The molecule has 0 aliphatic heterocycles. The lowest BCUT2D eigenvalue weighted by atomic mass is 10.2. The number of rotatable bonds is 7. The van der Waals surface area contributed by atoms with Crippen LogP contribution in [0.25, 0.3) is 11.3 Å². The SMILES string of the molecule is COCCOCC(=O)Nc1nc(-c2ccccc2)cs1. The number of ether oxygens (including phenoxy) is 2. The quantitative estimate of drug-likeness (QED) is 0.796. The van der Waals surface area contributed by atoms with Gasteiger partial charge in [-0.05, 0) is 0 Å². The normalized spacial score (nSPS) is 10.4. The van der Waals surface area contributed by atoms with E-state index in [1.165, 1.54) is 11.3 Å². The van der Waals surface area contributed by atoms with E-state index in [0.717, 1.165) is 11.3 Å². The third-order valence-electron chi connectivity index (χ3n) is 2.49. The molecule has 0 unspecified atom stereocenters. The van der Waals surface area contributed by atoms with Crippen molar-refractivity contribution in [2.75, 3.05) is 32.2 Å². The van der Waals surface area contributed by atoms with E-state index >= 15 is 0 Å². The van der Waals surface area contributed by atoms with Gasteiger partial charge in [0.05, 0.1) is 18.9 Å². The van der Waals surface area contributed by atoms with Crippen LogP contribution in [0.1, 0.15) is 0 Å². The number of nitrogens with zero attached hydrogens (tertiary/aromatic N) is 1. The van der Waals surface area contributed by atoms with Crippen molar-refractivity contribution < 1.29 is 14.3 Å². The summed E-state index contributed by atoms with van der Waals surface area (Å²) in [6.45, 7) is 0.878. The minimum Gasteiger partial charge on any atom is -0.382 e. The van der Waals surface area contributed by atoms with E-state index in [9.17, 15) is 4.79 Å². The molecule has 0 aliphatic rings. The van der Waals surface area contributed by atoms with Gasteiger partial charge in [-0.15, -0.1) is 11.3 Å². The standard InChI is InChI=1S/C14H16N2O3S/c1-18-7-8-19-9-13(17)16-14-15-12(10-20-14)11-5-3-2-4-6-11/h2-6,10H,7-9H2,1H3,(H,15,16,17). The minimum atomic E-state index is -0.213. The average molecular weight is 292 g/mol. The fourth-order valence-corrected chi connectivity index (χ4v) is 2.27. The van der Waals surface area contributed by atoms with Gasteiger partial charge in [-0.2, -0.15) is 0 Å². The number of aromatic nitrogens is 1. The zero-order chi connectivity index (χ0) is 14.2. The third kappa shape index (κ3) is 4.41. The second-order valence-corrected chi connectivity index (χ2v) is 4.86. The first-order valence-corrected chi connectivity index (χ1v) is 7.05. The Balaban J connectivity index is 1.85. The summed E-state index contributed by atoms with van der Waals surface area (Å²) >= 11 is 1.39. The van der Waals surface area contributed by atoms with Crippen LogP contribution in [0.15, 0.2) is 35.7 Å². The zero-order valence-electron chi connectivity index (χ0n) is 11.2. The second-order valence-electron chi connectivity index (χ2n) is 4.00. The molecule has 2 aromatic rings. The van der Waals surface area contributed by atoms with Crippen LogP contribution < -0.4 is 5.32 Å². The highest BCUT2D eigenvalue weighted by atomic mass is 32.1. The predicted molar refractivity (Wildman–Crippen MR) is 78.9 cm³/mol. The largest absolute Gasteiger partial charge is 0.382 e. The Labute approximate surface area is 121 Å². The topological polar surface area (TPSA) is 60.5 Å². The number of carbonyl (C=O) groups excluding carboxylic acids is 1. The lowest BCUT2D eigenvalue weighted by Gasteiger charge is -2.03. The molecule has 1 N–H and O–H groups in total. The molecule has 1 aromatic carbocycles. The summed E-state index contributed by atoms with van der Waals surface area (Å²) in [4.78, 5) is 16.0. The lowest BCUT2D eigenvalue weighted by Crippen LogP contribution is -2.19. The van der Waals surface area contributed by atoms with Gasteiger partial charge in [0.15, 0.2) is 5.13 Å². The summed E-state index contributed by atoms with van der Waals surface area (Å²) in [5, 5.41) is 5.20. The van der Waals surface area contributed by atoms with Crippen LogP contribution in [0.4, 0.5) is 5.13 Å². The van der Waals surface area contributed by atoms with E-state index in [0.29, 0.717) is 18.3 Å². The van der Waals surface area contributed by atoms with Crippen LogP contribution in [0.3, 0.4) is 0 Å². The average Bonchev–Trinajstić information content (AvgIpc) is 2.93. The van der Waals surface area contributed by atoms with Crippen molar-refractivity contribution in [3.63, 3.8) is 0 Å². The van der Waals surface area contributed by atoms with E-state index in [2.05, 4.69) is 10.3 Å². The van der Waals surface area contributed by atoms with Crippen molar-refractivity contribution in [2.24, 2.45) is 0 Å². The smallest absolute Gasteiger partial charge is 0.252 e. The minimum absolute atomic E-state index is 0.00358. The fourth-order valence-electron chi connectivity index (χ4n) is 1.54. The van der Waals surface area contributed by atoms with Crippen LogP contribution in [0, 0.1) is 0 Å². The fraction of sp³-hybridized carbons (Fsp3) is 0.286. The molecule has 0 radical (unpaired) electrons. The Morgan fingerprint density at radius 2 is 2.10 bits per heavy atom. The molecule has 0 saturated carbocycles. The molecule has 1 heterocycles. The number of methoxy groups -OCH3 is 1. The number of nitrogens with one attached hydrogen (secondary N) is 1. The number of hydrogen-bond donors (Lipinski definition) is 1. The van der Waals surface area contributed by atoms with Crippen LogP contribution in [0.2, 0.25) is 0 Å². The number of anilines is 1. The van der Waals surface area contributed by atoms with Crippen molar-refractivity contribution in [1.82, 2.24) is 4.98 Å². The summed E-state index contributed by atoms with van der Waals surface area (Å²) < 4.78 is 9.97. The molecule has 0 bridgehead atoms. The maximum absolute atomic E-state index is 11.6. The van der Waals surface area contributed by atoms with Crippen LogP contribution >= 0.6 is 11.3 Å². The Bertz CT molecular complexity index is 542. The monoisotopic (exact) mass is 292 g/mol. The molecule has 0 fully saturated rings. The molecule has 0 spiro atoms. The summed E-state index contributed by atoms with van der Waals surface area (Å²) in [6.07, 6.45) is 0. The van der Waals surface area contributed by atoms with Crippen molar-refractivity contribution >= 4 is 22.4 Å². The second kappa shape index (κ2) is 7.74. The molecular formula is C14H16N2O3S. The van der Waals surface area contributed by atoms with Gasteiger partial charge < -0.3 is 9.47 Å². The highest BCUT2D eigenvalue weighted by Crippen LogP contribution is 2.24. The molecule has 106 valence electrons. The number of benzene rings is 1. The molecular weight excluding hydrogens is 276 g/mol. The molecule has 0 atom stereocenters. The van der Waals surface area contributed by atoms with Crippen molar-refractivity contribution in [1.29, 1.82) is 0 Å². The number of carbonyl (C=O) groups is 1. The summed E-state index contributed by atoms with van der Waals surface area (Å²) in [6, 6.07) is 9.83. The molecule has 20 heavy (non-hydrogen) atoms. The number of hydrogen-bond acceptors (Lipinski definition) is 5. The van der Waals surface area contributed by atoms with Gasteiger partial charge in [0, 0.05) is 18.1 Å². The van der Waals surface area contributed by atoms with E-state index < -0.39 is 0 Å². The maximum atomic E-state index is 11.6. The van der Waals surface area contributed by atoms with Crippen LogP contribution in [-0.2, 0) is 14.3 Å². The van der Waals surface area contributed by atoms with Gasteiger partial charge in [-0.3, -0.25) is 10.1 Å². The highest BCUT2D eigenvalue weighted by molar-refractivity contribution is 7.14. The maximum Gasteiger partial charge on any atom is 0.252 e. The molecule has 5 nitrogen and oxygen atoms in total. The molecule has 1 amide bonds. The molecule has 0 aliphatic carbocycles. The highest BCUT2D eigenvalue weighted by Gasteiger charge is 2.07. The van der Waals surface area contributed by atoms with E-state index in [1.807, 2.05) is 35.7 Å². The zero-order valence-corrected chi connectivity index (χ0v) is 12.0. The van der Waals surface area contributed by atoms with Crippen molar-refractivity contribution in [3.8, 4) is 11.3 Å². The first-order valence-electron chi connectivity index (χ1n) is 6.17. The van der Waals surface area contributed by atoms with E-state index in [4.69, 9.17) is 9.47 Å². The first kappa shape index (κ1) is 14.6. The van der Waals surface area contributed by atoms with Gasteiger partial charge in [-0.25, -0.2) is 4.98 Å². The van der Waals surface area contributed by atoms with E-state index in [-0.39, 0.29) is 12.5 Å². The molecule has 2 rings (SSSR count). The Morgan fingerprint density at radius 1 is 1.30 bits per heavy atom. The lowest BCUT2D eigenvalue weighted by molar-refractivity contribution is -0.121. The summed E-state index contributed by atoms with van der Waals surface area (Å²) in [7, 11) is 1.59. The van der Waals surface area contributed by atoms with Gasteiger partial charge in [-0.1, -0.05) is 30.3 Å². The third-order valence-corrected chi connectivity index (χ3v) is 3.24. The Hall–Kier alpha value is -1.76.